The first-order valence-electron chi connectivity index (χ1n) is 12.2. The fourth-order valence-corrected chi connectivity index (χ4v) is 5.67. The van der Waals surface area contributed by atoms with Gasteiger partial charge in [-0.3, -0.25) is 9.80 Å². The summed E-state index contributed by atoms with van der Waals surface area (Å²) < 4.78 is 5.12. The Hall–Kier alpha value is -3.15. The highest BCUT2D eigenvalue weighted by molar-refractivity contribution is 5.77. The average molecular weight is 456 g/mol. The molecule has 0 spiro atoms. The van der Waals surface area contributed by atoms with Crippen LogP contribution >= 0.6 is 0 Å². The van der Waals surface area contributed by atoms with E-state index in [4.69, 9.17) is 4.74 Å². The van der Waals surface area contributed by atoms with Gasteiger partial charge >= 0.3 is 0 Å². The van der Waals surface area contributed by atoms with Gasteiger partial charge < -0.3 is 9.64 Å². The molecule has 34 heavy (non-hydrogen) atoms. The van der Waals surface area contributed by atoms with E-state index in [1.807, 2.05) is 4.90 Å². The number of benzene rings is 3. The molecule has 5 heteroatoms. The molecule has 1 atom stereocenters. The van der Waals surface area contributed by atoms with Crippen LogP contribution in [0, 0.1) is 0 Å². The second-order valence-corrected chi connectivity index (χ2v) is 9.33. The molecule has 5 rings (SSSR count). The molecular weight excluding hydrogens is 422 g/mol. The molecule has 1 amide bonds. The molecule has 0 radical (unpaired) electrons. The minimum atomic E-state index is -0.201. The summed E-state index contributed by atoms with van der Waals surface area (Å²) in [6.45, 7) is 4.73. The van der Waals surface area contributed by atoms with Crippen molar-refractivity contribution in [3.8, 4) is 0 Å². The SMILES string of the molecule is COCC(=O)N1CCC(c2ccccc2)(N2Cc3ccccc3N2C(C)c2ccccc2)CC1. The lowest BCUT2D eigenvalue weighted by Gasteiger charge is -2.52. The van der Waals surface area contributed by atoms with Gasteiger partial charge in [-0.15, -0.1) is 0 Å². The Labute approximate surface area is 202 Å². The molecule has 1 saturated heterocycles. The van der Waals surface area contributed by atoms with Crippen LogP contribution in [0.3, 0.4) is 0 Å². The number of fused-ring (bicyclic) bond motifs is 1. The minimum Gasteiger partial charge on any atom is -0.375 e. The van der Waals surface area contributed by atoms with Crippen molar-refractivity contribution >= 4 is 11.6 Å². The van der Waals surface area contributed by atoms with Gasteiger partial charge in [0.15, 0.2) is 0 Å². The normalized spacial score (nSPS) is 18.5. The Balaban J connectivity index is 1.56. The molecule has 0 bridgehead atoms. The third kappa shape index (κ3) is 3.99. The highest BCUT2D eigenvalue weighted by atomic mass is 16.5. The van der Waals surface area contributed by atoms with E-state index >= 15 is 0 Å². The summed E-state index contributed by atoms with van der Waals surface area (Å²) >= 11 is 0. The van der Waals surface area contributed by atoms with Crippen molar-refractivity contribution < 1.29 is 9.53 Å². The molecular formula is C29H33N3O2. The third-order valence-corrected chi connectivity index (χ3v) is 7.48. The van der Waals surface area contributed by atoms with Crippen LogP contribution in [0.4, 0.5) is 5.69 Å². The number of hydrogen-bond donors (Lipinski definition) is 0. The smallest absolute Gasteiger partial charge is 0.248 e. The highest BCUT2D eigenvalue weighted by Crippen LogP contribution is 2.48. The standard InChI is InChI=1S/C29H33N3O2/c1-23(24-11-5-3-6-12-24)32-27-16-10-9-13-25(27)21-31(32)29(26-14-7-4-8-15-26)17-19-30(20-18-29)28(33)22-34-2/h3-16,23H,17-22H2,1-2H3. The van der Waals surface area contributed by atoms with Gasteiger partial charge in [-0.1, -0.05) is 78.9 Å². The van der Waals surface area contributed by atoms with Gasteiger partial charge in [-0.25, -0.2) is 5.01 Å². The maximum absolute atomic E-state index is 12.6. The average Bonchev–Trinajstić information content (AvgIpc) is 3.29. The van der Waals surface area contributed by atoms with Gasteiger partial charge in [0.2, 0.25) is 5.91 Å². The molecule has 2 heterocycles. The van der Waals surface area contributed by atoms with E-state index in [9.17, 15) is 4.79 Å². The van der Waals surface area contributed by atoms with E-state index < -0.39 is 0 Å². The Morgan fingerprint density at radius 1 is 0.912 bits per heavy atom. The van der Waals surface area contributed by atoms with Gasteiger partial charge in [-0.2, -0.15) is 0 Å². The largest absolute Gasteiger partial charge is 0.375 e. The van der Waals surface area contributed by atoms with Gasteiger partial charge in [0, 0.05) is 26.7 Å². The molecule has 2 aliphatic heterocycles. The lowest BCUT2D eigenvalue weighted by Crippen LogP contribution is -2.58. The number of carbonyl (C=O) groups is 1. The summed E-state index contributed by atoms with van der Waals surface area (Å²) in [6, 6.07) is 30.5. The number of carbonyl (C=O) groups excluding carboxylic acids is 1. The number of likely N-dealkylation sites (tertiary alicyclic amines) is 1. The van der Waals surface area contributed by atoms with E-state index in [0.717, 1.165) is 32.5 Å². The lowest BCUT2D eigenvalue weighted by molar-refractivity contribution is -0.138. The van der Waals surface area contributed by atoms with E-state index in [-0.39, 0.29) is 24.1 Å². The molecule has 2 aliphatic rings. The summed E-state index contributed by atoms with van der Waals surface area (Å²) in [6.07, 6.45) is 1.75. The quantitative estimate of drug-likeness (QED) is 0.515. The van der Waals surface area contributed by atoms with E-state index in [0.29, 0.717) is 0 Å². The van der Waals surface area contributed by atoms with Crippen molar-refractivity contribution in [2.75, 3.05) is 31.8 Å². The summed E-state index contributed by atoms with van der Waals surface area (Å²) in [5, 5.41) is 5.09. The van der Waals surface area contributed by atoms with Crippen molar-refractivity contribution in [2.24, 2.45) is 0 Å². The molecule has 3 aromatic rings. The van der Waals surface area contributed by atoms with Gasteiger partial charge in [0.25, 0.3) is 0 Å². The number of nitrogens with zero attached hydrogens (tertiary/aromatic N) is 3. The van der Waals surface area contributed by atoms with Crippen molar-refractivity contribution in [1.29, 1.82) is 0 Å². The molecule has 1 unspecified atom stereocenters. The second-order valence-electron chi connectivity index (χ2n) is 9.33. The topological polar surface area (TPSA) is 36.0 Å². The summed E-state index contributed by atoms with van der Waals surface area (Å²) in [5.74, 6) is 0.0726. The van der Waals surface area contributed by atoms with Crippen molar-refractivity contribution in [3.05, 3.63) is 102 Å². The lowest BCUT2D eigenvalue weighted by atomic mass is 9.80. The number of hydrazine groups is 1. The first kappa shape index (κ1) is 22.6. The molecule has 176 valence electrons. The maximum Gasteiger partial charge on any atom is 0.248 e. The first-order valence-corrected chi connectivity index (χ1v) is 12.2. The fraction of sp³-hybridized carbons (Fsp3) is 0.345. The number of rotatable bonds is 6. The van der Waals surface area contributed by atoms with E-state index in [1.54, 1.807) is 7.11 Å². The van der Waals surface area contributed by atoms with E-state index in [1.165, 1.54) is 22.4 Å². The number of methoxy groups -OCH3 is 1. The van der Waals surface area contributed by atoms with Crippen molar-refractivity contribution in [1.82, 2.24) is 9.91 Å². The Bertz CT molecular complexity index is 1110. The number of hydrogen-bond acceptors (Lipinski definition) is 4. The summed E-state index contributed by atoms with van der Waals surface area (Å²) in [7, 11) is 1.58. The Kier molecular flexibility index (Phi) is 6.40. The van der Waals surface area contributed by atoms with Crippen LogP contribution in [0.1, 0.15) is 42.5 Å². The monoisotopic (exact) mass is 455 g/mol. The molecule has 1 fully saturated rings. The molecule has 3 aromatic carbocycles. The van der Waals surface area contributed by atoms with Crippen LogP contribution in [0.2, 0.25) is 0 Å². The molecule has 0 N–H and O–H groups in total. The number of anilines is 1. The Morgan fingerprint density at radius 2 is 1.53 bits per heavy atom. The van der Waals surface area contributed by atoms with Crippen molar-refractivity contribution in [3.63, 3.8) is 0 Å². The second kappa shape index (κ2) is 9.61. The number of piperidine rings is 1. The van der Waals surface area contributed by atoms with Crippen LogP contribution in [-0.2, 0) is 21.6 Å². The van der Waals surface area contributed by atoms with Crippen LogP contribution in [0.5, 0.6) is 0 Å². The Morgan fingerprint density at radius 3 is 2.21 bits per heavy atom. The molecule has 0 aromatic heterocycles. The minimum absolute atomic E-state index is 0.0726. The fourth-order valence-electron chi connectivity index (χ4n) is 5.67. The third-order valence-electron chi connectivity index (χ3n) is 7.48. The zero-order valence-corrected chi connectivity index (χ0v) is 20.1. The zero-order chi connectivity index (χ0) is 23.5. The molecule has 0 aliphatic carbocycles. The zero-order valence-electron chi connectivity index (χ0n) is 20.1. The number of ether oxygens (including phenoxy) is 1. The summed E-state index contributed by atoms with van der Waals surface area (Å²) in [5.41, 5.74) is 5.02. The van der Waals surface area contributed by atoms with Gasteiger partial charge in [-0.05, 0) is 42.5 Å². The predicted octanol–water partition coefficient (Wildman–Crippen LogP) is 5.15. The highest BCUT2D eigenvalue weighted by Gasteiger charge is 2.48. The first-order chi connectivity index (χ1) is 16.6. The predicted molar refractivity (Wildman–Crippen MR) is 135 cm³/mol. The van der Waals surface area contributed by atoms with Crippen LogP contribution in [-0.4, -0.2) is 42.6 Å². The number of amides is 1. The van der Waals surface area contributed by atoms with Crippen molar-refractivity contribution in [2.45, 2.75) is 37.9 Å². The van der Waals surface area contributed by atoms with Gasteiger partial charge in [0.05, 0.1) is 17.3 Å². The van der Waals surface area contributed by atoms with Crippen LogP contribution in [0.15, 0.2) is 84.9 Å². The molecule has 5 nitrogen and oxygen atoms in total. The van der Waals surface area contributed by atoms with E-state index in [2.05, 4.69) is 102 Å². The summed E-state index contributed by atoms with van der Waals surface area (Å²) in [4.78, 5) is 14.5. The van der Waals surface area contributed by atoms with Gasteiger partial charge in [0.1, 0.15) is 6.61 Å². The molecule has 0 saturated carbocycles. The van der Waals surface area contributed by atoms with Crippen LogP contribution in [0.25, 0.3) is 0 Å². The number of para-hydroxylation sites is 1. The van der Waals surface area contributed by atoms with Crippen LogP contribution < -0.4 is 5.01 Å². The maximum atomic E-state index is 12.6.